The molecule has 176 valence electrons. The molecule has 1 aliphatic heterocycles. The van der Waals surface area contributed by atoms with Crippen LogP contribution in [-0.4, -0.2) is 41.5 Å². The number of likely N-dealkylation sites (tertiary alicyclic amines) is 1. The molecule has 1 heterocycles. The number of ether oxygens (including phenoxy) is 1. The summed E-state index contributed by atoms with van der Waals surface area (Å²) in [6.45, 7) is 6.68. The highest BCUT2D eigenvalue weighted by Gasteiger charge is 2.55. The van der Waals surface area contributed by atoms with E-state index in [0.717, 1.165) is 10.5 Å². The molecule has 2 atom stereocenters. The lowest BCUT2D eigenvalue weighted by molar-refractivity contribution is -0.143. The second kappa shape index (κ2) is 9.14. The lowest BCUT2D eigenvalue weighted by Crippen LogP contribution is -2.47. The van der Waals surface area contributed by atoms with Crippen LogP contribution >= 0.6 is 11.6 Å². The first-order valence-corrected chi connectivity index (χ1v) is 11.1. The summed E-state index contributed by atoms with van der Waals surface area (Å²) in [5.74, 6) is -1.42. The largest absolute Gasteiger partial charge is 0.443 e. The van der Waals surface area contributed by atoms with Crippen LogP contribution < -0.4 is 5.32 Å². The van der Waals surface area contributed by atoms with Gasteiger partial charge in [0.15, 0.2) is 0 Å². The van der Waals surface area contributed by atoms with Gasteiger partial charge in [0.1, 0.15) is 16.8 Å². The fraction of sp³-hybridized carbons (Fsp3) is 0.400. The van der Waals surface area contributed by atoms with Crippen LogP contribution in [0.4, 0.5) is 9.18 Å². The van der Waals surface area contributed by atoms with Crippen molar-refractivity contribution in [1.82, 2.24) is 10.2 Å². The van der Waals surface area contributed by atoms with Crippen molar-refractivity contribution in [2.24, 2.45) is 5.41 Å². The topological polar surface area (TPSA) is 75.7 Å². The van der Waals surface area contributed by atoms with Gasteiger partial charge in [-0.25, -0.2) is 14.1 Å². The van der Waals surface area contributed by atoms with E-state index in [1.807, 2.05) is 12.1 Å². The highest BCUT2D eigenvalue weighted by Crippen LogP contribution is 2.39. The Hall–Kier alpha value is -2.93. The molecule has 6 nitrogen and oxygen atoms in total. The lowest BCUT2D eigenvalue weighted by atomic mass is 9.85. The van der Waals surface area contributed by atoms with Gasteiger partial charge in [-0.3, -0.25) is 9.59 Å². The minimum atomic E-state index is -1.37. The summed E-state index contributed by atoms with van der Waals surface area (Å²) in [4.78, 5) is 39.6. The number of nitrogens with zero attached hydrogens (tertiary/aromatic N) is 1. The number of hydrogen-bond donors (Lipinski definition) is 1. The smallest absolute Gasteiger partial charge is 0.417 e. The molecule has 3 amide bonds. The number of carbonyl (C=O) groups is 3. The van der Waals surface area contributed by atoms with Crippen molar-refractivity contribution in [1.29, 1.82) is 0 Å². The third kappa shape index (κ3) is 5.19. The minimum Gasteiger partial charge on any atom is -0.443 e. The van der Waals surface area contributed by atoms with Crippen molar-refractivity contribution in [2.45, 2.75) is 52.2 Å². The molecule has 0 radical (unpaired) electrons. The second-order valence-electron chi connectivity index (χ2n) is 9.45. The van der Waals surface area contributed by atoms with Gasteiger partial charge in [0.25, 0.3) is 0 Å². The summed E-state index contributed by atoms with van der Waals surface area (Å²) < 4.78 is 19.7. The number of benzene rings is 2. The molecule has 3 rings (SSSR count). The molecule has 33 heavy (non-hydrogen) atoms. The molecule has 0 bridgehead atoms. The predicted octanol–water partition coefficient (Wildman–Crippen LogP) is 4.98. The molecular weight excluding hydrogens is 447 g/mol. The zero-order chi connectivity index (χ0) is 24.6. The van der Waals surface area contributed by atoms with E-state index < -0.39 is 35.0 Å². The Balaban J connectivity index is 1.89. The number of nitrogens with one attached hydrogen (secondary N) is 1. The van der Waals surface area contributed by atoms with Gasteiger partial charge in [0.2, 0.25) is 11.8 Å². The maximum atomic E-state index is 14.2. The number of imide groups is 1. The zero-order valence-electron chi connectivity index (χ0n) is 19.4. The number of carbonyl (C=O) groups excluding carboxylic acids is 3. The van der Waals surface area contributed by atoms with Gasteiger partial charge in [-0.1, -0.05) is 35.9 Å². The maximum Gasteiger partial charge on any atom is 0.417 e. The van der Waals surface area contributed by atoms with E-state index in [2.05, 4.69) is 5.32 Å². The van der Waals surface area contributed by atoms with Crippen LogP contribution in [0.25, 0.3) is 11.1 Å². The van der Waals surface area contributed by atoms with Crippen LogP contribution in [0.5, 0.6) is 0 Å². The monoisotopic (exact) mass is 474 g/mol. The molecule has 0 unspecified atom stereocenters. The van der Waals surface area contributed by atoms with Crippen molar-refractivity contribution in [2.75, 3.05) is 7.05 Å². The number of halogens is 2. The van der Waals surface area contributed by atoms with E-state index in [4.69, 9.17) is 16.3 Å². The first-order valence-electron chi connectivity index (χ1n) is 10.7. The van der Waals surface area contributed by atoms with Crippen LogP contribution in [0.1, 0.15) is 39.7 Å². The number of rotatable bonds is 4. The van der Waals surface area contributed by atoms with E-state index in [0.29, 0.717) is 22.6 Å². The van der Waals surface area contributed by atoms with E-state index in [1.54, 1.807) is 39.0 Å². The van der Waals surface area contributed by atoms with Gasteiger partial charge in [-0.05, 0) is 69.9 Å². The standard InChI is InChI=1S/C25H28ClFN2O4/c1-24(2,3)33-23(32)29-18(14-25(4,22(29)31)21(30)28-5)12-15-6-8-16(9-7-15)19-13-17(26)10-11-20(19)27/h6-11,13,18H,12,14H2,1-5H3,(H,28,30)/t18-,25+/m1/s1. The van der Waals surface area contributed by atoms with Gasteiger partial charge in [0, 0.05) is 23.7 Å². The second-order valence-corrected chi connectivity index (χ2v) is 9.89. The number of hydrogen-bond acceptors (Lipinski definition) is 4. The van der Waals surface area contributed by atoms with Crippen molar-refractivity contribution in [3.63, 3.8) is 0 Å². The molecule has 1 N–H and O–H groups in total. The van der Waals surface area contributed by atoms with Gasteiger partial charge < -0.3 is 10.1 Å². The van der Waals surface area contributed by atoms with Crippen LogP contribution in [0.3, 0.4) is 0 Å². The quantitative estimate of drug-likeness (QED) is 0.634. The first-order chi connectivity index (χ1) is 15.4. The van der Waals surface area contributed by atoms with E-state index in [9.17, 15) is 18.8 Å². The highest BCUT2D eigenvalue weighted by molar-refractivity contribution is 6.30. The summed E-state index contributed by atoms with van der Waals surface area (Å²) >= 11 is 6.00. The summed E-state index contributed by atoms with van der Waals surface area (Å²) in [5.41, 5.74) is -0.307. The van der Waals surface area contributed by atoms with Crippen molar-refractivity contribution >= 4 is 29.5 Å². The molecule has 0 saturated carbocycles. The first kappa shape index (κ1) is 24.7. The van der Waals surface area contributed by atoms with Crippen molar-refractivity contribution < 1.29 is 23.5 Å². The Bertz CT molecular complexity index is 1080. The van der Waals surface area contributed by atoms with Gasteiger partial charge >= 0.3 is 6.09 Å². The summed E-state index contributed by atoms with van der Waals surface area (Å²) in [5, 5.41) is 2.95. The molecule has 0 aliphatic carbocycles. The molecule has 1 saturated heterocycles. The third-order valence-electron chi connectivity index (χ3n) is 5.68. The molecule has 2 aromatic rings. The molecule has 0 aromatic heterocycles. The summed E-state index contributed by atoms with van der Waals surface area (Å²) in [6, 6.07) is 10.9. The third-order valence-corrected chi connectivity index (χ3v) is 5.92. The van der Waals surface area contributed by atoms with Crippen molar-refractivity contribution in [3.8, 4) is 11.1 Å². The highest BCUT2D eigenvalue weighted by atomic mass is 35.5. The van der Waals surface area contributed by atoms with Crippen LogP contribution in [0, 0.1) is 11.2 Å². The Morgan fingerprint density at radius 3 is 2.42 bits per heavy atom. The van der Waals surface area contributed by atoms with Crippen LogP contribution in [0.15, 0.2) is 42.5 Å². The van der Waals surface area contributed by atoms with Gasteiger partial charge in [0.05, 0.1) is 0 Å². The number of amides is 3. The van der Waals surface area contributed by atoms with E-state index in [1.165, 1.54) is 26.1 Å². The predicted molar refractivity (Wildman–Crippen MR) is 124 cm³/mol. The van der Waals surface area contributed by atoms with Crippen LogP contribution in [0.2, 0.25) is 5.02 Å². The fourth-order valence-electron chi connectivity index (χ4n) is 4.06. The summed E-state index contributed by atoms with van der Waals surface area (Å²) in [6.07, 6.45) is -0.284. The van der Waals surface area contributed by atoms with Gasteiger partial charge in [-0.2, -0.15) is 0 Å². The minimum absolute atomic E-state index is 0.162. The molecular formula is C25H28ClFN2O4. The molecule has 1 fully saturated rings. The average molecular weight is 475 g/mol. The van der Waals surface area contributed by atoms with E-state index in [-0.39, 0.29) is 12.2 Å². The Kier molecular flexibility index (Phi) is 6.84. The normalized spacial score (nSPS) is 20.6. The van der Waals surface area contributed by atoms with Gasteiger partial charge in [-0.15, -0.1) is 0 Å². The maximum absolute atomic E-state index is 14.2. The molecule has 1 aliphatic rings. The van der Waals surface area contributed by atoms with Crippen LogP contribution in [-0.2, 0) is 20.7 Å². The zero-order valence-corrected chi connectivity index (χ0v) is 20.1. The SMILES string of the molecule is CNC(=O)[C@]1(C)C[C@@H](Cc2ccc(-c3cc(Cl)ccc3F)cc2)N(C(=O)OC(C)(C)C)C1=O. The Morgan fingerprint density at radius 1 is 1.21 bits per heavy atom. The van der Waals surface area contributed by atoms with E-state index >= 15 is 0 Å². The Labute approximate surface area is 198 Å². The van der Waals surface area contributed by atoms with Crippen molar-refractivity contribution in [3.05, 3.63) is 58.9 Å². The average Bonchev–Trinajstić information content (AvgIpc) is 2.99. The molecule has 0 spiro atoms. The summed E-state index contributed by atoms with van der Waals surface area (Å²) in [7, 11) is 1.46. The molecule has 2 aromatic carbocycles. The Morgan fingerprint density at radius 2 is 1.85 bits per heavy atom. The lowest BCUT2D eigenvalue weighted by Gasteiger charge is -2.27. The molecule has 8 heteroatoms. The fourth-order valence-corrected chi connectivity index (χ4v) is 4.24.